The van der Waals surface area contributed by atoms with E-state index in [1.807, 2.05) is 37.3 Å². The molecule has 3 rings (SSSR count). The van der Waals surface area contributed by atoms with Gasteiger partial charge in [-0.3, -0.25) is 4.79 Å². The van der Waals surface area contributed by atoms with E-state index in [0.717, 1.165) is 27.1 Å². The molecule has 27 heavy (non-hydrogen) atoms. The average Bonchev–Trinajstić information content (AvgIpc) is 2.69. The number of anilines is 1. The zero-order valence-corrected chi connectivity index (χ0v) is 17.2. The lowest BCUT2D eigenvalue weighted by Gasteiger charge is -2.23. The van der Waals surface area contributed by atoms with Crippen molar-refractivity contribution in [1.82, 2.24) is 0 Å². The van der Waals surface area contributed by atoms with Gasteiger partial charge in [-0.1, -0.05) is 53.3 Å². The van der Waals surface area contributed by atoms with Crippen LogP contribution in [0, 0.1) is 18.3 Å². The number of carbonyl (C=O) groups excluding carboxylic acids is 1. The van der Waals surface area contributed by atoms with Crippen molar-refractivity contribution in [2.24, 2.45) is 4.99 Å². The fourth-order valence-corrected chi connectivity index (χ4v) is 4.70. The monoisotopic (exact) mass is 415 g/mol. The lowest BCUT2D eigenvalue weighted by molar-refractivity contribution is -0.116. The molecule has 0 aromatic heterocycles. The van der Waals surface area contributed by atoms with Crippen LogP contribution in [0.5, 0.6) is 0 Å². The van der Waals surface area contributed by atoms with Gasteiger partial charge in [-0.2, -0.15) is 5.26 Å². The Kier molecular flexibility index (Phi) is 6.84. The van der Waals surface area contributed by atoms with Crippen LogP contribution in [0.15, 0.2) is 47.5 Å². The molecule has 0 spiro atoms. The molecule has 1 heterocycles. The van der Waals surface area contributed by atoms with Crippen molar-refractivity contribution in [3.8, 4) is 6.07 Å². The molecule has 2 aromatic carbocycles. The number of carbonyl (C=O) groups is 1. The third-order valence-electron chi connectivity index (χ3n) is 4.08. The van der Waals surface area contributed by atoms with Crippen LogP contribution in [0.1, 0.15) is 17.5 Å². The van der Waals surface area contributed by atoms with Gasteiger partial charge >= 0.3 is 0 Å². The summed E-state index contributed by atoms with van der Waals surface area (Å²) in [6.07, 6.45) is 0.279. The molecule has 2 aromatic rings. The first-order valence-corrected chi connectivity index (χ1v) is 10.8. The Balaban J connectivity index is 1.70. The van der Waals surface area contributed by atoms with Crippen LogP contribution in [0.3, 0.4) is 0 Å². The fourth-order valence-electron chi connectivity index (χ4n) is 2.64. The molecular formula is C20H18ClN3OS2. The van der Waals surface area contributed by atoms with E-state index in [0.29, 0.717) is 11.6 Å². The van der Waals surface area contributed by atoms with Gasteiger partial charge in [-0.25, -0.2) is 4.99 Å². The van der Waals surface area contributed by atoms with E-state index < -0.39 is 0 Å². The number of hydrogen-bond donors (Lipinski definition) is 0. The number of aliphatic imine (C=N–C) groups is 1. The third-order valence-corrected chi connectivity index (χ3v) is 6.73. The van der Waals surface area contributed by atoms with Gasteiger partial charge in [0.2, 0.25) is 5.91 Å². The molecular weight excluding hydrogens is 398 g/mol. The fraction of sp³-hybridized carbons (Fsp3) is 0.250. The van der Waals surface area contributed by atoms with E-state index >= 15 is 0 Å². The molecule has 0 unspecified atom stereocenters. The standard InChI is InChI=1S/C20H18ClN3OS2/c1-14-11-16(7-8-17(14)21)24(10-4-9-22)19(25)13-27-20-23-18-6-3-2-5-15(18)12-26-20/h2-3,5-8,11H,4,10,12-13H2,1H3. The zero-order chi connectivity index (χ0) is 19.2. The van der Waals surface area contributed by atoms with Crippen LogP contribution in [-0.4, -0.2) is 22.6 Å². The number of aryl methyl sites for hydroxylation is 1. The number of nitrogens with zero attached hydrogens (tertiary/aromatic N) is 3. The smallest absolute Gasteiger partial charge is 0.237 e. The Morgan fingerprint density at radius 3 is 2.96 bits per heavy atom. The number of benzene rings is 2. The number of rotatable bonds is 5. The van der Waals surface area contributed by atoms with Crippen molar-refractivity contribution in [2.75, 3.05) is 17.2 Å². The first-order valence-electron chi connectivity index (χ1n) is 8.44. The number of para-hydroxylation sites is 1. The van der Waals surface area contributed by atoms with Crippen molar-refractivity contribution in [1.29, 1.82) is 5.26 Å². The van der Waals surface area contributed by atoms with Crippen LogP contribution in [0.2, 0.25) is 5.02 Å². The second kappa shape index (κ2) is 9.32. The van der Waals surface area contributed by atoms with Crippen LogP contribution in [0.25, 0.3) is 0 Å². The predicted octanol–water partition coefficient (Wildman–Crippen LogP) is 5.56. The molecule has 0 saturated heterocycles. The van der Waals surface area contributed by atoms with Crippen LogP contribution in [-0.2, 0) is 10.5 Å². The number of fused-ring (bicyclic) bond motifs is 1. The summed E-state index contributed by atoms with van der Waals surface area (Å²) in [6, 6.07) is 15.6. The first kappa shape index (κ1) is 19.8. The summed E-state index contributed by atoms with van der Waals surface area (Å²) in [5, 5.41) is 9.59. The average molecular weight is 416 g/mol. The Morgan fingerprint density at radius 2 is 2.19 bits per heavy atom. The highest BCUT2D eigenvalue weighted by Gasteiger charge is 2.19. The summed E-state index contributed by atoms with van der Waals surface area (Å²) in [5.41, 5.74) is 3.85. The molecule has 0 radical (unpaired) electrons. The summed E-state index contributed by atoms with van der Waals surface area (Å²) in [6.45, 7) is 2.26. The second-order valence-corrected chi connectivity index (χ2v) is 8.56. The second-order valence-electron chi connectivity index (χ2n) is 5.97. The molecule has 0 N–H and O–H groups in total. The molecule has 0 saturated carbocycles. The van der Waals surface area contributed by atoms with E-state index in [1.54, 1.807) is 22.7 Å². The van der Waals surface area contributed by atoms with Gasteiger partial charge in [0.25, 0.3) is 0 Å². The van der Waals surface area contributed by atoms with Crippen molar-refractivity contribution in [2.45, 2.75) is 19.1 Å². The van der Waals surface area contributed by atoms with Crippen LogP contribution in [0.4, 0.5) is 11.4 Å². The number of thioether (sulfide) groups is 2. The van der Waals surface area contributed by atoms with Gasteiger partial charge < -0.3 is 4.90 Å². The molecule has 4 nitrogen and oxygen atoms in total. The lowest BCUT2D eigenvalue weighted by atomic mass is 10.2. The highest BCUT2D eigenvalue weighted by Crippen LogP contribution is 2.34. The summed E-state index contributed by atoms with van der Waals surface area (Å²) in [5.74, 6) is 1.10. The summed E-state index contributed by atoms with van der Waals surface area (Å²) >= 11 is 9.19. The SMILES string of the molecule is Cc1cc(N(CCC#N)C(=O)CSC2=Nc3ccccc3CS2)ccc1Cl. The molecule has 0 aliphatic carbocycles. The lowest BCUT2D eigenvalue weighted by Crippen LogP contribution is -2.33. The third kappa shape index (κ3) is 5.07. The molecule has 0 bridgehead atoms. The summed E-state index contributed by atoms with van der Waals surface area (Å²) < 4.78 is 0.898. The Morgan fingerprint density at radius 1 is 1.37 bits per heavy atom. The Labute approximate surface area is 172 Å². The zero-order valence-electron chi connectivity index (χ0n) is 14.8. The molecule has 0 fully saturated rings. The van der Waals surface area contributed by atoms with E-state index in [2.05, 4.69) is 17.1 Å². The largest absolute Gasteiger partial charge is 0.311 e. The molecule has 1 aliphatic rings. The van der Waals surface area contributed by atoms with Gasteiger partial charge in [0.1, 0.15) is 4.38 Å². The van der Waals surface area contributed by atoms with Crippen molar-refractivity contribution >= 4 is 56.8 Å². The quantitative estimate of drug-likeness (QED) is 0.641. The van der Waals surface area contributed by atoms with Crippen LogP contribution >= 0.6 is 35.1 Å². The maximum Gasteiger partial charge on any atom is 0.237 e. The molecule has 138 valence electrons. The summed E-state index contributed by atoms with van der Waals surface area (Å²) in [7, 11) is 0. The molecule has 0 atom stereocenters. The number of amides is 1. The van der Waals surface area contributed by atoms with Crippen LogP contribution < -0.4 is 4.90 Å². The minimum Gasteiger partial charge on any atom is -0.311 e. The Bertz CT molecular complexity index is 924. The van der Waals surface area contributed by atoms with Gasteiger partial charge in [0, 0.05) is 23.0 Å². The first-order chi connectivity index (χ1) is 13.1. The maximum atomic E-state index is 12.8. The van der Waals surface area contributed by atoms with Crippen molar-refractivity contribution < 1.29 is 4.79 Å². The molecule has 1 amide bonds. The van der Waals surface area contributed by atoms with E-state index in [4.69, 9.17) is 16.9 Å². The van der Waals surface area contributed by atoms with E-state index in [9.17, 15) is 4.79 Å². The number of nitriles is 1. The van der Waals surface area contributed by atoms with Crippen molar-refractivity contribution in [3.63, 3.8) is 0 Å². The molecule has 7 heteroatoms. The molecule has 1 aliphatic heterocycles. The minimum absolute atomic E-state index is 0.0425. The Hall–Kier alpha value is -1.94. The van der Waals surface area contributed by atoms with Gasteiger partial charge in [-0.15, -0.1) is 0 Å². The van der Waals surface area contributed by atoms with Crippen molar-refractivity contribution in [3.05, 3.63) is 58.6 Å². The van der Waals surface area contributed by atoms with Gasteiger partial charge in [0.05, 0.1) is 23.9 Å². The highest BCUT2D eigenvalue weighted by atomic mass is 35.5. The van der Waals surface area contributed by atoms with E-state index in [1.165, 1.54) is 17.3 Å². The van der Waals surface area contributed by atoms with Gasteiger partial charge in [-0.05, 0) is 42.3 Å². The number of hydrogen-bond acceptors (Lipinski definition) is 5. The minimum atomic E-state index is -0.0425. The number of halogens is 1. The van der Waals surface area contributed by atoms with E-state index in [-0.39, 0.29) is 18.1 Å². The maximum absolute atomic E-state index is 12.8. The highest BCUT2D eigenvalue weighted by molar-refractivity contribution is 8.38. The topological polar surface area (TPSA) is 56.5 Å². The summed E-state index contributed by atoms with van der Waals surface area (Å²) in [4.78, 5) is 19.1. The van der Waals surface area contributed by atoms with Gasteiger partial charge in [0.15, 0.2) is 0 Å². The predicted molar refractivity (Wildman–Crippen MR) is 116 cm³/mol. The normalized spacial score (nSPS) is 12.7.